The Hall–Kier alpha value is -2.49. The van der Waals surface area contributed by atoms with Crippen LogP contribution in [0.5, 0.6) is 11.5 Å². The van der Waals surface area contributed by atoms with Gasteiger partial charge in [-0.25, -0.2) is 4.79 Å². The first-order chi connectivity index (χ1) is 8.95. The lowest BCUT2D eigenvalue weighted by molar-refractivity contribution is 0.0696. The Morgan fingerprint density at radius 3 is 2.32 bits per heavy atom. The van der Waals surface area contributed by atoms with Crippen LogP contribution in [0.4, 0.5) is 5.69 Å². The molecule has 0 spiro atoms. The fourth-order valence-electron chi connectivity index (χ4n) is 1.87. The first kappa shape index (κ1) is 13.0. The van der Waals surface area contributed by atoms with Crippen molar-refractivity contribution in [2.45, 2.75) is 13.8 Å². The molecule has 0 saturated heterocycles. The van der Waals surface area contributed by atoms with Gasteiger partial charge in [0.15, 0.2) is 5.75 Å². The van der Waals surface area contributed by atoms with E-state index in [0.717, 1.165) is 11.1 Å². The number of aryl methyl sites for hydroxylation is 2. The molecular weight excluding hydrogens is 242 g/mol. The summed E-state index contributed by atoms with van der Waals surface area (Å²) in [6.07, 6.45) is 0. The van der Waals surface area contributed by atoms with Crippen LogP contribution in [0.1, 0.15) is 21.5 Å². The van der Waals surface area contributed by atoms with Crippen LogP contribution in [0.25, 0.3) is 0 Å². The lowest BCUT2D eigenvalue weighted by atomic mass is 10.1. The molecule has 0 heterocycles. The Morgan fingerprint density at radius 1 is 1.11 bits per heavy atom. The molecule has 2 aromatic carbocycles. The number of anilines is 1. The lowest BCUT2D eigenvalue weighted by Crippen LogP contribution is -1.99. The van der Waals surface area contributed by atoms with Crippen LogP contribution < -0.4 is 10.5 Å². The summed E-state index contributed by atoms with van der Waals surface area (Å²) in [5.41, 5.74) is 8.49. The van der Waals surface area contributed by atoms with Crippen LogP contribution in [-0.2, 0) is 0 Å². The standard InChI is InChI=1S/C15H15NO3/c1-9-5-10(2)7-12(6-9)19-14-8-11(15(17)18)3-4-13(14)16/h3-8H,16H2,1-2H3,(H,17,18). The van der Waals surface area contributed by atoms with Gasteiger partial charge in [-0.1, -0.05) is 6.07 Å². The molecule has 0 unspecified atom stereocenters. The van der Waals surface area contributed by atoms with Gasteiger partial charge < -0.3 is 15.6 Å². The molecule has 2 rings (SSSR count). The minimum atomic E-state index is -1.01. The molecule has 19 heavy (non-hydrogen) atoms. The number of hydrogen-bond acceptors (Lipinski definition) is 3. The van der Waals surface area contributed by atoms with Gasteiger partial charge in [0.2, 0.25) is 0 Å². The fourth-order valence-corrected chi connectivity index (χ4v) is 1.87. The summed E-state index contributed by atoms with van der Waals surface area (Å²) in [4.78, 5) is 10.9. The zero-order valence-electron chi connectivity index (χ0n) is 10.8. The summed E-state index contributed by atoms with van der Waals surface area (Å²) >= 11 is 0. The maximum Gasteiger partial charge on any atom is 0.335 e. The van der Waals surface area contributed by atoms with Gasteiger partial charge in [-0.05, 0) is 55.3 Å². The van der Waals surface area contributed by atoms with E-state index in [4.69, 9.17) is 15.6 Å². The van der Waals surface area contributed by atoms with E-state index in [1.807, 2.05) is 32.0 Å². The monoisotopic (exact) mass is 257 g/mol. The third-order valence-electron chi connectivity index (χ3n) is 2.68. The summed E-state index contributed by atoms with van der Waals surface area (Å²) < 4.78 is 5.67. The van der Waals surface area contributed by atoms with Crippen molar-refractivity contribution < 1.29 is 14.6 Å². The highest BCUT2D eigenvalue weighted by Crippen LogP contribution is 2.29. The molecule has 4 nitrogen and oxygen atoms in total. The van der Waals surface area contributed by atoms with E-state index in [-0.39, 0.29) is 5.56 Å². The molecule has 2 aromatic rings. The van der Waals surface area contributed by atoms with E-state index < -0.39 is 5.97 Å². The van der Waals surface area contributed by atoms with Gasteiger partial charge in [-0.3, -0.25) is 0 Å². The second kappa shape index (κ2) is 5.02. The fraction of sp³-hybridized carbons (Fsp3) is 0.133. The predicted molar refractivity (Wildman–Crippen MR) is 73.8 cm³/mol. The summed E-state index contributed by atoms with van der Waals surface area (Å²) in [6.45, 7) is 3.94. The number of benzene rings is 2. The second-order valence-corrected chi connectivity index (χ2v) is 4.48. The van der Waals surface area contributed by atoms with E-state index in [1.54, 1.807) is 0 Å². The average Bonchev–Trinajstić information content (AvgIpc) is 2.30. The van der Waals surface area contributed by atoms with Crippen LogP contribution in [0, 0.1) is 13.8 Å². The van der Waals surface area contributed by atoms with Crippen molar-refractivity contribution in [2.75, 3.05) is 5.73 Å². The molecule has 0 amide bonds. The minimum absolute atomic E-state index is 0.147. The van der Waals surface area contributed by atoms with Gasteiger partial charge in [0.05, 0.1) is 11.3 Å². The Labute approximate surface area is 111 Å². The number of rotatable bonds is 3. The normalized spacial score (nSPS) is 10.2. The van der Waals surface area contributed by atoms with Crippen LogP contribution in [0.2, 0.25) is 0 Å². The molecule has 0 atom stereocenters. The van der Waals surface area contributed by atoms with Gasteiger partial charge in [0.1, 0.15) is 5.75 Å². The Balaban J connectivity index is 2.37. The Morgan fingerprint density at radius 2 is 1.74 bits per heavy atom. The number of hydrogen-bond donors (Lipinski definition) is 2. The number of carboxylic acids is 1. The van der Waals surface area contributed by atoms with Gasteiger partial charge in [-0.15, -0.1) is 0 Å². The second-order valence-electron chi connectivity index (χ2n) is 4.48. The van der Waals surface area contributed by atoms with Crippen LogP contribution in [0.15, 0.2) is 36.4 Å². The van der Waals surface area contributed by atoms with Gasteiger partial charge in [0.25, 0.3) is 0 Å². The maximum absolute atomic E-state index is 10.9. The number of nitrogen functional groups attached to an aromatic ring is 1. The minimum Gasteiger partial charge on any atom is -0.478 e. The zero-order chi connectivity index (χ0) is 14.0. The summed E-state index contributed by atoms with van der Waals surface area (Å²) in [6, 6.07) is 10.2. The molecule has 3 N–H and O–H groups in total. The van der Waals surface area contributed by atoms with Gasteiger partial charge >= 0.3 is 5.97 Å². The van der Waals surface area contributed by atoms with Crippen molar-refractivity contribution >= 4 is 11.7 Å². The predicted octanol–water partition coefficient (Wildman–Crippen LogP) is 3.38. The summed E-state index contributed by atoms with van der Waals surface area (Å²) in [7, 11) is 0. The van der Waals surface area contributed by atoms with Gasteiger partial charge in [-0.2, -0.15) is 0 Å². The van der Waals surface area contributed by atoms with Crippen LogP contribution in [0.3, 0.4) is 0 Å². The van der Waals surface area contributed by atoms with Crippen LogP contribution >= 0.6 is 0 Å². The largest absolute Gasteiger partial charge is 0.478 e. The molecule has 0 saturated carbocycles. The van der Waals surface area contributed by atoms with E-state index in [9.17, 15) is 4.79 Å². The van der Waals surface area contributed by atoms with Crippen LogP contribution in [-0.4, -0.2) is 11.1 Å². The van der Waals surface area contributed by atoms with Crippen molar-refractivity contribution in [3.8, 4) is 11.5 Å². The van der Waals surface area contributed by atoms with E-state index in [1.165, 1.54) is 18.2 Å². The molecule has 98 valence electrons. The molecule has 0 fully saturated rings. The van der Waals surface area contributed by atoms with Gasteiger partial charge in [0, 0.05) is 0 Å². The molecule has 0 radical (unpaired) electrons. The highest BCUT2D eigenvalue weighted by atomic mass is 16.5. The molecule has 0 aliphatic rings. The lowest BCUT2D eigenvalue weighted by Gasteiger charge is -2.10. The number of carboxylic acid groups (broad SMARTS) is 1. The third-order valence-corrected chi connectivity index (χ3v) is 2.68. The highest BCUT2D eigenvalue weighted by Gasteiger charge is 2.09. The number of ether oxygens (including phenoxy) is 1. The number of carbonyl (C=O) groups is 1. The number of nitrogens with two attached hydrogens (primary N) is 1. The molecule has 0 aliphatic heterocycles. The Bertz CT molecular complexity index is 615. The summed E-state index contributed by atoms with van der Waals surface area (Å²) in [5.74, 6) is -0.0121. The third kappa shape index (κ3) is 3.04. The molecule has 0 bridgehead atoms. The zero-order valence-corrected chi connectivity index (χ0v) is 10.8. The summed E-state index contributed by atoms with van der Waals surface area (Å²) in [5, 5.41) is 8.96. The van der Waals surface area contributed by atoms with Crippen molar-refractivity contribution in [1.82, 2.24) is 0 Å². The average molecular weight is 257 g/mol. The molecular formula is C15H15NO3. The molecule has 4 heteroatoms. The molecule has 0 aliphatic carbocycles. The maximum atomic E-state index is 10.9. The quantitative estimate of drug-likeness (QED) is 0.827. The SMILES string of the molecule is Cc1cc(C)cc(Oc2cc(C(=O)O)ccc2N)c1. The topological polar surface area (TPSA) is 72.5 Å². The Kier molecular flexibility index (Phi) is 3.42. The number of aromatic carboxylic acids is 1. The van der Waals surface area contributed by atoms with Crippen molar-refractivity contribution in [3.05, 3.63) is 53.1 Å². The first-order valence-corrected chi connectivity index (χ1v) is 5.84. The van der Waals surface area contributed by atoms with Crippen molar-refractivity contribution in [3.63, 3.8) is 0 Å². The highest BCUT2D eigenvalue weighted by molar-refractivity contribution is 5.89. The molecule has 0 aromatic heterocycles. The first-order valence-electron chi connectivity index (χ1n) is 5.84. The van der Waals surface area contributed by atoms with E-state index >= 15 is 0 Å². The van der Waals surface area contributed by atoms with E-state index in [0.29, 0.717) is 17.2 Å². The van der Waals surface area contributed by atoms with Crippen molar-refractivity contribution in [1.29, 1.82) is 0 Å². The van der Waals surface area contributed by atoms with E-state index in [2.05, 4.69) is 0 Å². The smallest absolute Gasteiger partial charge is 0.335 e. The van der Waals surface area contributed by atoms with Crippen molar-refractivity contribution in [2.24, 2.45) is 0 Å².